The second-order valence-electron chi connectivity index (χ2n) is 2.72. The molecule has 0 aliphatic rings. The minimum Gasteiger partial charge on any atom is -0.374 e. The van der Waals surface area contributed by atoms with E-state index in [2.05, 4.69) is 10.3 Å². The van der Waals surface area contributed by atoms with Crippen LogP contribution in [-0.4, -0.2) is 20.1 Å². The largest absolute Gasteiger partial charge is 0.374 e. The highest BCUT2D eigenvalue weighted by molar-refractivity contribution is 5.74. The number of hydrogen-bond acceptors (Lipinski definition) is 3. The molecular weight excluding hydrogens is 154 g/mol. The van der Waals surface area contributed by atoms with Crippen LogP contribution in [0.5, 0.6) is 0 Å². The molecule has 1 heterocycles. The van der Waals surface area contributed by atoms with Crippen LogP contribution in [0.2, 0.25) is 0 Å². The van der Waals surface area contributed by atoms with Gasteiger partial charge in [-0.2, -0.15) is 0 Å². The Kier molecular flexibility index (Phi) is 1.55. The fraction of sp³-hybridized carbons (Fsp3) is 0.250. The fourth-order valence-electron chi connectivity index (χ4n) is 1.19. The van der Waals surface area contributed by atoms with Gasteiger partial charge in [-0.1, -0.05) is 11.3 Å². The van der Waals surface area contributed by atoms with Gasteiger partial charge in [-0.05, 0) is 24.6 Å². The van der Waals surface area contributed by atoms with Crippen LogP contribution in [0.25, 0.3) is 11.0 Å². The normalized spacial score (nSPS) is 10.8. The van der Waals surface area contributed by atoms with Crippen molar-refractivity contribution in [2.24, 2.45) is 0 Å². The summed E-state index contributed by atoms with van der Waals surface area (Å²) in [7, 11) is 0. The summed E-state index contributed by atoms with van der Waals surface area (Å²) in [5.74, 6) is 0. The van der Waals surface area contributed by atoms with Crippen molar-refractivity contribution in [1.82, 2.24) is 15.0 Å². The van der Waals surface area contributed by atoms with Crippen molar-refractivity contribution in [3.63, 3.8) is 0 Å². The van der Waals surface area contributed by atoms with E-state index in [0.29, 0.717) is 0 Å². The summed E-state index contributed by atoms with van der Waals surface area (Å²) in [6.45, 7) is 1.87. The topological polar surface area (TPSA) is 50.9 Å². The Hall–Kier alpha value is -1.42. The van der Waals surface area contributed by atoms with Crippen molar-refractivity contribution in [2.45, 2.75) is 13.7 Å². The molecule has 0 amide bonds. The number of fused-ring (bicyclic) bond motifs is 1. The van der Waals surface area contributed by atoms with Crippen molar-refractivity contribution >= 4 is 11.0 Å². The third-order valence-electron chi connectivity index (χ3n) is 1.80. The van der Waals surface area contributed by atoms with Crippen LogP contribution in [0, 0.1) is 6.92 Å². The SMILES string of the molecule is Cc1ccc2c(c1)nnn2CO. The van der Waals surface area contributed by atoms with Gasteiger partial charge in [-0.25, -0.2) is 4.68 Å². The van der Waals surface area contributed by atoms with Crippen LogP contribution < -0.4 is 0 Å². The first-order valence-corrected chi connectivity index (χ1v) is 3.72. The molecular formula is C8H9N3O. The van der Waals surface area contributed by atoms with Gasteiger partial charge in [0, 0.05) is 0 Å². The monoisotopic (exact) mass is 163 g/mol. The molecule has 12 heavy (non-hydrogen) atoms. The van der Waals surface area contributed by atoms with Crippen molar-refractivity contribution < 1.29 is 5.11 Å². The molecule has 0 radical (unpaired) electrons. The molecule has 1 aromatic carbocycles. The van der Waals surface area contributed by atoms with Gasteiger partial charge in [-0.3, -0.25) is 0 Å². The second-order valence-corrected chi connectivity index (χ2v) is 2.72. The zero-order valence-corrected chi connectivity index (χ0v) is 6.73. The number of aliphatic hydroxyl groups excluding tert-OH is 1. The third kappa shape index (κ3) is 0.967. The molecule has 62 valence electrons. The number of aryl methyl sites for hydroxylation is 1. The Morgan fingerprint density at radius 1 is 1.50 bits per heavy atom. The summed E-state index contributed by atoms with van der Waals surface area (Å²) in [5.41, 5.74) is 2.83. The average Bonchev–Trinajstić information content (AvgIpc) is 2.46. The summed E-state index contributed by atoms with van der Waals surface area (Å²) in [6, 6.07) is 5.81. The van der Waals surface area contributed by atoms with Gasteiger partial charge in [0.05, 0.1) is 5.52 Å². The number of nitrogens with zero attached hydrogens (tertiary/aromatic N) is 3. The lowest BCUT2D eigenvalue weighted by Gasteiger charge is -1.94. The number of aromatic nitrogens is 3. The Labute approximate surface area is 69.4 Å². The minimum atomic E-state index is -0.125. The summed E-state index contributed by atoms with van der Waals surface area (Å²) in [5, 5.41) is 16.5. The van der Waals surface area contributed by atoms with Gasteiger partial charge >= 0.3 is 0 Å². The molecule has 0 saturated carbocycles. The maximum absolute atomic E-state index is 8.85. The maximum Gasteiger partial charge on any atom is 0.138 e. The first-order valence-electron chi connectivity index (χ1n) is 3.72. The van der Waals surface area contributed by atoms with E-state index in [1.807, 2.05) is 25.1 Å². The van der Waals surface area contributed by atoms with Gasteiger partial charge in [0.2, 0.25) is 0 Å². The predicted molar refractivity (Wildman–Crippen MR) is 44.5 cm³/mol. The molecule has 0 aliphatic carbocycles. The molecule has 2 rings (SSSR count). The first-order chi connectivity index (χ1) is 5.81. The zero-order valence-electron chi connectivity index (χ0n) is 6.73. The molecule has 0 unspecified atom stereocenters. The molecule has 0 bridgehead atoms. The third-order valence-corrected chi connectivity index (χ3v) is 1.80. The van der Waals surface area contributed by atoms with Crippen LogP contribution in [0.1, 0.15) is 5.56 Å². The van der Waals surface area contributed by atoms with Gasteiger partial charge in [0.25, 0.3) is 0 Å². The van der Waals surface area contributed by atoms with Crippen molar-refractivity contribution in [1.29, 1.82) is 0 Å². The van der Waals surface area contributed by atoms with E-state index in [4.69, 9.17) is 5.11 Å². The molecule has 4 heteroatoms. The lowest BCUT2D eigenvalue weighted by atomic mass is 10.2. The molecule has 0 fully saturated rings. The molecule has 0 aliphatic heterocycles. The molecule has 2 aromatic rings. The molecule has 4 nitrogen and oxygen atoms in total. The molecule has 0 atom stereocenters. The zero-order chi connectivity index (χ0) is 8.55. The molecule has 1 N–H and O–H groups in total. The molecule has 0 saturated heterocycles. The van der Waals surface area contributed by atoms with Crippen molar-refractivity contribution in [3.05, 3.63) is 23.8 Å². The van der Waals surface area contributed by atoms with Crippen molar-refractivity contribution in [2.75, 3.05) is 0 Å². The quantitative estimate of drug-likeness (QED) is 0.672. The van der Waals surface area contributed by atoms with Crippen LogP contribution in [0.15, 0.2) is 18.2 Å². The number of rotatable bonds is 1. The highest BCUT2D eigenvalue weighted by Crippen LogP contribution is 2.11. The van der Waals surface area contributed by atoms with Crippen LogP contribution in [0.4, 0.5) is 0 Å². The Balaban J connectivity index is 2.73. The lowest BCUT2D eigenvalue weighted by Crippen LogP contribution is -1.97. The van der Waals surface area contributed by atoms with Crippen molar-refractivity contribution in [3.8, 4) is 0 Å². The second kappa shape index (κ2) is 2.57. The summed E-state index contributed by atoms with van der Waals surface area (Å²) in [6.07, 6.45) is 0. The van der Waals surface area contributed by atoms with E-state index in [-0.39, 0.29) is 6.73 Å². The average molecular weight is 163 g/mol. The number of aliphatic hydroxyl groups is 1. The Morgan fingerprint density at radius 3 is 3.08 bits per heavy atom. The Bertz CT molecular complexity index is 408. The standard InChI is InChI=1S/C8H9N3O/c1-6-2-3-8-7(4-6)9-10-11(8)5-12/h2-4,12H,5H2,1H3. The first kappa shape index (κ1) is 7.24. The summed E-state index contributed by atoms with van der Waals surface area (Å²) < 4.78 is 1.45. The van der Waals surface area contributed by atoms with Crippen LogP contribution >= 0.6 is 0 Å². The van der Waals surface area contributed by atoms with E-state index in [1.165, 1.54) is 4.68 Å². The summed E-state index contributed by atoms with van der Waals surface area (Å²) in [4.78, 5) is 0. The van der Waals surface area contributed by atoms with E-state index < -0.39 is 0 Å². The number of hydrogen-bond donors (Lipinski definition) is 1. The van der Waals surface area contributed by atoms with E-state index in [0.717, 1.165) is 16.6 Å². The fourth-order valence-corrected chi connectivity index (χ4v) is 1.19. The lowest BCUT2D eigenvalue weighted by molar-refractivity contribution is 0.197. The molecule has 1 aromatic heterocycles. The van der Waals surface area contributed by atoms with Gasteiger partial charge in [0.1, 0.15) is 12.2 Å². The van der Waals surface area contributed by atoms with E-state index >= 15 is 0 Å². The number of benzene rings is 1. The molecule has 0 spiro atoms. The Morgan fingerprint density at radius 2 is 2.33 bits per heavy atom. The van der Waals surface area contributed by atoms with Crippen LogP contribution in [0.3, 0.4) is 0 Å². The highest BCUT2D eigenvalue weighted by atomic mass is 16.3. The maximum atomic E-state index is 8.85. The van der Waals surface area contributed by atoms with E-state index in [9.17, 15) is 0 Å². The highest BCUT2D eigenvalue weighted by Gasteiger charge is 2.01. The van der Waals surface area contributed by atoms with Gasteiger partial charge in [-0.15, -0.1) is 5.10 Å². The van der Waals surface area contributed by atoms with Gasteiger partial charge < -0.3 is 5.11 Å². The van der Waals surface area contributed by atoms with E-state index in [1.54, 1.807) is 0 Å². The summed E-state index contributed by atoms with van der Waals surface area (Å²) >= 11 is 0. The smallest absolute Gasteiger partial charge is 0.138 e. The van der Waals surface area contributed by atoms with Crippen LogP contribution in [-0.2, 0) is 6.73 Å². The van der Waals surface area contributed by atoms with Gasteiger partial charge in [0.15, 0.2) is 0 Å². The predicted octanol–water partition coefficient (Wildman–Crippen LogP) is 0.690. The minimum absolute atomic E-state index is 0.125.